The summed E-state index contributed by atoms with van der Waals surface area (Å²) in [7, 11) is 3.41. The number of benzene rings is 2. The zero-order valence-corrected chi connectivity index (χ0v) is 13.4. The zero-order chi connectivity index (χ0) is 16.7. The molecule has 1 amide bonds. The van der Waals surface area contributed by atoms with Crippen LogP contribution in [0.3, 0.4) is 0 Å². The number of nitrogens with zero attached hydrogens (tertiary/aromatic N) is 1. The number of amides is 1. The molecule has 0 aromatic heterocycles. The van der Waals surface area contributed by atoms with Gasteiger partial charge in [-0.15, -0.1) is 6.42 Å². The molecule has 0 unspecified atom stereocenters. The third-order valence-electron chi connectivity index (χ3n) is 3.48. The Balaban J connectivity index is 1.88. The maximum absolute atomic E-state index is 12.2. The molecule has 0 aliphatic heterocycles. The van der Waals surface area contributed by atoms with Gasteiger partial charge in [0.25, 0.3) is 0 Å². The van der Waals surface area contributed by atoms with Crippen molar-refractivity contribution in [2.24, 2.45) is 0 Å². The highest BCUT2D eigenvalue weighted by Crippen LogP contribution is 2.13. The van der Waals surface area contributed by atoms with Crippen LogP contribution in [-0.2, 0) is 11.3 Å². The van der Waals surface area contributed by atoms with Crippen molar-refractivity contribution in [3.63, 3.8) is 0 Å². The Labute approximate surface area is 137 Å². The number of hydrogen-bond donors (Lipinski definition) is 1. The van der Waals surface area contributed by atoms with E-state index in [0.29, 0.717) is 6.54 Å². The number of anilines is 1. The van der Waals surface area contributed by atoms with Crippen LogP contribution in [0.1, 0.15) is 11.1 Å². The Bertz CT molecular complexity index is 702. The smallest absolute Gasteiger partial charge is 0.241 e. The molecule has 0 spiro atoms. The molecule has 4 nitrogen and oxygen atoms in total. The zero-order valence-electron chi connectivity index (χ0n) is 13.4. The number of methoxy groups -OCH3 is 1. The minimum absolute atomic E-state index is 0.00642. The number of rotatable bonds is 6. The number of carbonyl (C=O) groups is 1. The largest absolute Gasteiger partial charge is 0.497 e. The van der Waals surface area contributed by atoms with E-state index in [1.54, 1.807) is 19.1 Å². The Kier molecular flexibility index (Phi) is 5.65. The molecule has 0 heterocycles. The average Bonchev–Trinajstić information content (AvgIpc) is 2.60. The monoisotopic (exact) mass is 308 g/mol. The maximum atomic E-state index is 12.2. The van der Waals surface area contributed by atoms with Crippen molar-refractivity contribution in [2.75, 3.05) is 26.0 Å². The highest BCUT2D eigenvalue weighted by Gasteiger charge is 2.09. The predicted molar refractivity (Wildman–Crippen MR) is 92.3 cm³/mol. The fourth-order valence-corrected chi connectivity index (χ4v) is 2.12. The molecule has 0 saturated heterocycles. The molecule has 2 aromatic rings. The van der Waals surface area contributed by atoms with Crippen LogP contribution in [-0.4, -0.2) is 31.5 Å². The second-order valence-electron chi connectivity index (χ2n) is 5.18. The molecule has 0 atom stereocenters. The minimum atomic E-state index is 0.00642. The number of terminal acetylenes is 1. The van der Waals surface area contributed by atoms with E-state index in [9.17, 15) is 4.79 Å². The summed E-state index contributed by atoms with van der Waals surface area (Å²) < 4.78 is 5.12. The lowest BCUT2D eigenvalue weighted by atomic mass is 10.2. The average molecular weight is 308 g/mol. The lowest BCUT2D eigenvalue weighted by Crippen LogP contribution is -2.31. The minimum Gasteiger partial charge on any atom is -0.497 e. The molecule has 2 rings (SSSR count). The SMILES string of the molecule is C#Cc1cccc(NCC(=O)N(C)Cc2ccc(OC)cc2)c1. The van der Waals surface area contributed by atoms with Gasteiger partial charge in [-0.05, 0) is 35.9 Å². The van der Waals surface area contributed by atoms with Crippen LogP contribution < -0.4 is 10.1 Å². The van der Waals surface area contributed by atoms with Gasteiger partial charge in [-0.3, -0.25) is 4.79 Å². The van der Waals surface area contributed by atoms with Crippen molar-refractivity contribution >= 4 is 11.6 Å². The van der Waals surface area contributed by atoms with Gasteiger partial charge in [0.2, 0.25) is 5.91 Å². The van der Waals surface area contributed by atoms with E-state index in [4.69, 9.17) is 11.2 Å². The number of hydrogen-bond acceptors (Lipinski definition) is 3. The highest BCUT2D eigenvalue weighted by molar-refractivity contribution is 5.80. The Morgan fingerprint density at radius 3 is 2.65 bits per heavy atom. The number of carbonyl (C=O) groups excluding carboxylic acids is 1. The van der Waals surface area contributed by atoms with Crippen LogP contribution >= 0.6 is 0 Å². The topological polar surface area (TPSA) is 41.6 Å². The second kappa shape index (κ2) is 7.90. The van der Waals surface area contributed by atoms with Crippen molar-refractivity contribution in [1.82, 2.24) is 4.90 Å². The van der Waals surface area contributed by atoms with Gasteiger partial charge in [-0.25, -0.2) is 0 Å². The van der Waals surface area contributed by atoms with E-state index in [2.05, 4.69) is 11.2 Å². The molecule has 0 saturated carbocycles. The van der Waals surface area contributed by atoms with E-state index < -0.39 is 0 Å². The summed E-state index contributed by atoms with van der Waals surface area (Å²) in [5.74, 6) is 3.38. The van der Waals surface area contributed by atoms with Crippen molar-refractivity contribution < 1.29 is 9.53 Å². The fourth-order valence-electron chi connectivity index (χ4n) is 2.12. The number of ether oxygens (including phenoxy) is 1. The Morgan fingerprint density at radius 1 is 1.26 bits per heavy atom. The molecule has 0 fully saturated rings. The first-order valence-corrected chi connectivity index (χ1v) is 7.30. The van der Waals surface area contributed by atoms with E-state index in [1.807, 2.05) is 48.5 Å². The van der Waals surface area contributed by atoms with Gasteiger partial charge in [-0.1, -0.05) is 24.1 Å². The molecule has 1 N–H and O–H groups in total. The van der Waals surface area contributed by atoms with E-state index in [0.717, 1.165) is 22.6 Å². The summed E-state index contributed by atoms with van der Waals surface area (Å²) in [6.45, 7) is 0.773. The van der Waals surface area contributed by atoms with Crippen LogP contribution in [0.2, 0.25) is 0 Å². The fraction of sp³-hybridized carbons (Fsp3) is 0.211. The lowest BCUT2D eigenvalue weighted by Gasteiger charge is -2.18. The van der Waals surface area contributed by atoms with E-state index in [1.165, 1.54) is 0 Å². The summed E-state index contributed by atoms with van der Waals surface area (Å²) in [6.07, 6.45) is 5.37. The first-order chi connectivity index (χ1) is 11.1. The van der Waals surface area contributed by atoms with Crippen LogP contribution in [0, 0.1) is 12.3 Å². The predicted octanol–water partition coefficient (Wildman–Crippen LogP) is 2.75. The second-order valence-corrected chi connectivity index (χ2v) is 5.18. The van der Waals surface area contributed by atoms with E-state index in [-0.39, 0.29) is 12.5 Å². The van der Waals surface area contributed by atoms with Crippen molar-refractivity contribution in [3.05, 3.63) is 59.7 Å². The number of likely N-dealkylation sites (N-methyl/N-ethyl adjacent to an activating group) is 1. The molecular weight excluding hydrogens is 288 g/mol. The molecule has 0 aliphatic rings. The lowest BCUT2D eigenvalue weighted by molar-refractivity contribution is -0.128. The molecule has 118 valence electrons. The van der Waals surface area contributed by atoms with Gasteiger partial charge in [0.15, 0.2) is 0 Å². The molecule has 0 radical (unpaired) electrons. The van der Waals surface area contributed by atoms with Crippen molar-refractivity contribution in [1.29, 1.82) is 0 Å². The third kappa shape index (κ3) is 4.79. The van der Waals surface area contributed by atoms with Gasteiger partial charge in [0.1, 0.15) is 5.75 Å². The normalized spacial score (nSPS) is 9.78. The summed E-state index contributed by atoms with van der Waals surface area (Å²) in [5.41, 5.74) is 2.68. The third-order valence-corrected chi connectivity index (χ3v) is 3.48. The van der Waals surface area contributed by atoms with Gasteiger partial charge in [-0.2, -0.15) is 0 Å². The molecule has 4 heteroatoms. The van der Waals surface area contributed by atoms with Crippen LogP contribution in [0.15, 0.2) is 48.5 Å². The Hall–Kier alpha value is -2.93. The molecular formula is C19H20N2O2. The molecule has 0 aliphatic carbocycles. The summed E-state index contributed by atoms with van der Waals surface area (Å²) in [5, 5.41) is 3.10. The van der Waals surface area contributed by atoms with Gasteiger partial charge >= 0.3 is 0 Å². The van der Waals surface area contributed by atoms with Gasteiger partial charge < -0.3 is 15.0 Å². The van der Waals surface area contributed by atoms with Crippen LogP contribution in [0.25, 0.3) is 0 Å². The Morgan fingerprint density at radius 2 is 2.00 bits per heavy atom. The highest BCUT2D eigenvalue weighted by atomic mass is 16.5. The van der Waals surface area contributed by atoms with Crippen LogP contribution in [0.5, 0.6) is 5.75 Å². The first kappa shape index (κ1) is 16.4. The van der Waals surface area contributed by atoms with Crippen LogP contribution in [0.4, 0.5) is 5.69 Å². The molecule has 2 aromatic carbocycles. The summed E-state index contributed by atoms with van der Waals surface area (Å²) in [4.78, 5) is 13.9. The number of nitrogens with one attached hydrogen (secondary N) is 1. The maximum Gasteiger partial charge on any atom is 0.241 e. The summed E-state index contributed by atoms with van der Waals surface area (Å²) in [6, 6.07) is 15.1. The van der Waals surface area contributed by atoms with Gasteiger partial charge in [0, 0.05) is 24.8 Å². The summed E-state index contributed by atoms with van der Waals surface area (Å²) >= 11 is 0. The van der Waals surface area contributed by atoms with E-state index >= 15 is 0 Å². The van der Waals surface area contributed by atoms with Gasteiger partial charge in [0.05, 0.1) is 13.7 Å². The van der Waals surface area contributed by atoms with Crippen molar-refractivity contribution in [2.45, 2.75) is 6.54 Å². The van der Waals surface area contributed by atoms with Crippen molar-refractivity contribution in [3.8, 4) is 18.1 Å². The quantitative estimate of drug-likeness (QED) is 0.834. The molecule has 23 heavy (non-hydrogen) atoms. The first-order valence-electron chi connectivity index (χ1n) is 7.30. The standard InChI is InChI=1S/C19H20N2O2/c1-4-15-6-5-7-17(12-15)20-13-19(22)21(2)14-16-8-10-18(23-3)11-9-16/h1,5-12,20H,13-14H2,2-3H3. The molecule has 0 bridgehead atoms.